The van der Waals surface area contributed by atoms with Crippen LogP contribution in [0.5, 0.6) is 0 Å². The second-order valence-corrected chi connectivity index (χ2v) is 7.40. The average Bonchev–Trinajstić information content (AvgIpc) is 2.52. The van der Waals surface area contributed by atoms with Crippen molar-refractivity contribution in [2.45, 2.75) is 20.3 Å². The fourth-order valence-electron chi connectivity index (χ4n) is 2.10. The van der Waals surface area contributed by atoms with Gasteiger partial charge in [-0.2, -0.15) is 0 Å². The number of nitrogens with two attached hydrogens (primary N) is 1. The van der Waals surface area contributed by atoms with Gasteiger partial charge in [0.05, 0.1) is 11.5 Å². The van der Waals surface area contributed by atoms with Crippen LogP contribution in [0.1, 0.15) is 20.3 Å². The van der Waals surface area contributed by atoms with Crippen molar-refractivity contribution in [2.24, 2.45) is 23.5 Å². The van der Waals surface area contributed by atoms with Crippen LogP contribution in [-0.2, 0) is 9.84 Å². The third kappa shape index (κ3) is 4.39. The highest BCUT2D eigenvalue weighted by molar-refractivity contribution is 7.91. The topological polar surface area (TPSA) is 72.2 Å². The van der Waals surface area contributed by atoms with E-state index in [0.29, 0.717) is 35.8 Å². The fraction of sp³-hybridized carbons (Fsp3) is 1.00. The fourth-order valence-corrected chi connectivity index (χ4v) is 3.96. The summed E-state index contributed by atoms with van der Waals surface area (Å²) in [4.78, 5) is 0. The van der Waals surface area contributed by atoms with Crippen molar-refractivity contribution in [3.8, 4) is 0 Å². The zero-order valence-electron chi connectivity index (χ0n) is 10.3. The van der Waals surface area contributed by atoms with E-state index in [1.165, 1.54) is 0 Å². The van der Waals surface area contributed by atoms with Gasteiger partial charge >= 0.3 is 0 Å². The molecule has 0 amide bonds. The molecule has 16 heavy (non-hydrogen) atoms. The van der Waals surface area contributed by atoms with Crippen LogP contribution in [-0.4, -0.2) is 39.6 Å². The van der Waals surface area contributed by atoms with Crippen molar-refractivity contribution in [3.05, 3.63) is 0 Å². The van der Waals surface area contributed by atoms with E-state index in [-0.39, 0.29) is 0 Å². The van der Waals surface area contributed by atoms with Gasteiger partial charge in [0, 0.05) is 0 Å². The largest absolute Gasteiger partial charge is 0.330 e. The van der Waals surface area contributed by atoms with E-state index in [1.807, 2.05) is 0 Å². The van der Waals surface area contributed by atoms with E-state index in [2.05, 4.69) is 19.2 Å². The Bertz CT molecular complexity index is 301. The molecule has 1 saturated heterocycles. The molecule has 2 unspecified atom stereocenters. The maximum atomic E-state index is 11.3. The standard InChI is InChI=1S/C11H24N2O2S/c1-9(2)11(5-12)7-13-6-10-3-4-16(14,15)8-10/h9-11,13H,3-8,12H2,1-2H3. The minimum atomic E-state index is -2.73. The molecular formula is C11H24N2O2S. The van der Waals surface area contributed by atoms with Gasteiger partial charge in [0.2, 0.25) is 0 Å². The lowest BCUT2D eigenvalue weighted by Gasteiger charge is -2.20. The SMILES string of the molecule is CC(C)C(CN)CNCC1CCS(=O)(=O)C1. The Hall–Kier alpha value is -0.130. The molecule has 0 aliphatic carbocycles. The van der Waals surface area contributed by atoms with Gasteiger partial charge in [-0.1, -0.05) is 13.8 Å². The molecule has 0 aromatic rings. The van der Waals surface area contributed by atoms with Crippen LogP contribution in [0.25, 0.3) is 0 Å². The van der Waals surface area contributed by atoms with Gasteiger partial charge in [-0.25, -0.2) is 8.42 Å². The quantitative estimate of drug-likeness (QED) is 0.706. The van der Waals surface area contributed by atoms with Gasteiger partial charge in [-0.15, -0.1) is 0 Å². The van der Waals surface area contributed by atoms with Crippen molar-refractivity contribution in [3.63, 3.8) is 0 Å². The van der Waals surface area contributed by atoms with Crippen LogP contribution in [0.2, 0.25) is 0 Å². The molecule has 0 aromatic carbocycles. The molecule has 1 aliphatic heterocycles. The maximum Gasteiger partial charge on any atom is 0.150 e. The summed E-state index contributed by atoms with van der Waals surface area (Å²) in [7, 11) is -2.73. The first-order valence-electron chi connectivity index (χ1n) is 6.06. The molecule has 0 saturated carbocycles. The van der Waals surface area contributed by atoms with Crippen LogP contribution in [0, 0.1) is 17.8 Å². The molecule has 1 rings (SSSR count). The maximum absolute atomic E-state index is 11.3. The predicted molar refractivity (Wildman–Crippen MR) is 67.0 cm³/mol. The second kappa shape index (κ2) is 5.98. The molecule has 0 radical (unpaired) electrons. The van der Waals surface area contributed by atoms with Gasteiger partial charge < -0.3 is 11.1 Å². The molecule has 5 heteroatoms. The van der Waals surface area contributed by atoms with Crippen molar-refractivity contribution in [1.29, 1.82) is 0 Å². The van der Waals surface area contributed by atoms with Crippen molar-refractivity contribution >= 4 is 9.84 Å². The number of hydrogen-bond acceptors (Lipinski definition) is 4. The van der Waals surface area contributed by atoms with Crippen LogP contribution in [0.15, 0.2) is 0 Å². The summed E-state index contributed by atoms with van der Waals surface area (Å²) in [6.07, 6.45) is 0.810. The van der Waals surface area contributed by atoms with Crippen LogP contribution in [0.4, 0.5) is 0 Å². The summed E-state index contributed by atoms with van der Waals surface area (Å²) >= 11 is 0. The van der Waals surface area contributed by atoms with E-state index in [9.17, 15) is 8.42 Å². The average molecular weight is 248 g/mol. The highest BCUT2D eigenvalue weighted by Crippen LogP contribution is 2.17. The third-order valence-corrected chi connectivity index (χ3v) is 5.25. The van der Waals surface area contributed by atoms with Gasteiger partial charge in [0.25, 0.3) is 0 Å². The van der Waals surface area contributed by atoms with Crippen LogP contribution in [0.3, 0.4) is 0 Å². The monoisotopic (exact) mass is 248 g/mol. The zero-order chi connectivity index (χ0) is 12.2. The first kappa shape index (κ1) is 13.9. The Morgan fingerprint density at radius 3 is 2.56 bits per heavy atom. The Morgan fingerprint density at radius 2 is 2.12 bits per heavy atom. The van der Waals surface area contributed by atoms with Crippen molar-refractivity contribution in [2.75, 3.05) is 31.1 Å². The molecular weight excluding hydrogens is 224 g/mol. The first-order valence-corrected chi connectivity index (χ1v) is 7.88. The minimum Gasteiger partial charge on any atom is -0.330 e. The van der Waals surface area contributed by atoms with Crippen molar-refractivity contribution in [1.82, 2.24) is 5.32 Å². The highest BCUT2D eigenvalue weighted by Gasteiger charge is 2.27. The predicted octanol–water partition coefficient (Wildman–Crippen LogP) is 0.242. The molecule has 0 spiro atoms. The molecule has 1 fully saturated rings. The van der Waals surface area contributed by atoms with Gasteiger partial charge in [-0.05, 0) is 43.8 Å². The summed E-state index contributed by atoms with van der Waals surface area (Å²) in [6, 6.07) is 0. The van der Waals surface area contributed by atoms with E-state index < -0.39 is 9.84 Å². The zero-order valence-corrected chi connectivity index (χ0v) is 11.1. The molecule has 96 valence electrons. The Kier molecular flexibility index (Phi) is 5.21. The second-order valence-electron chi connectivity index (χ2n) is 5.17. The van der Waals surface area contributed by atoms with E-state index in [1.54, 1.807) is 0 Å². The third-order valence-electron chi connectivity index (χ3n) is 3.41. The summed E-state index contributed by atoms with van der Waals surface area (Å²) in [5.41, 5.74) is 5.68. The van der Waals surface area contributed by atoms with E-state index >= 15 is 0 Å². The molecule has 2 atom stereocenters. The number of hydrogen-bond donors (Lipinski definition) is 2. The van der Waals surface area contributed by atoms with Gasteiger partial charge in [-0.3, -0.25) is 0 Å². The molecule has 0 bridgehead atoms. The molecule has 1 heterocycles. The molecule has 0 aromatic heterocycles. The lowest BCUT2D eigenvalue weighted by atomic mass is 9.96. The summed E-state index contributed by atoms with van der Waals surface area (Å²) in [5.74, 6) is 2.08. The highest BCUT2D eigenvalue weighted by atomic mass is 32.2. The molecule has 4 nitrogen and oxygen atoms in total. The van der Waals surface area contributed by atoms with Crippen molar-refractivity contribution < 1.29 is 8.42 Å². The summed E-state index contributed by atoms with van der Waals surface area (Å²) in [5, 5.41) is 3.35. The number of rotatable bonds is 6. The lowest BCUT2D eigenvalue weighted by Crippen LogP contribution is -2.34. The van der Waals surface area contributed by atoms with Crippen LogP contribution < -0.4 is 11.1 Å². The lowest BCUT2D eigenvalue weighted by molar-refractivity contribution is 0.360. The Labute approximate surface area is 98.9 Å². The first-order chi connectivity index (χ1) is 7.44. The Morgan fingerprint density at radius 1 is 1.44 bits per heavy atom. The van der Waals surface area contributed by atoms with E-state index in [0.717, 1.165) is 19.5 Å². The minimum absolute atomic E-state index is 0.301. The van der Waals surface area contributed by atoms with Gasteiger partial charge in [0.1, 0.15) is 0 Å². The van der Waals surface area contributed by atoms with Crippen LogP contribution >= 0.6 is 0 Å². The molecule has 1 aliphatic rings. The summed E-state index contributed by atoms with van der Waals surface area (Å²) in [6.45, 7) is 6.72. The normalized spacial score (nSPS) is 26.1. The molecule has 3 N–H and O–H groups in total. The Balaban J connectivity index is 2.21. The summed E-state index contributed by atoms with van der Waals surface area (Å²) < 4.78 is 22.5. The van der Waals surface area contributed by atoms with Gasteiger partial charge in [0.15, 0.2) is 9.84 Å². The smallest absolute Gasteiger partial charge is 0.150 e. The van der Waals surface area contributed by atoms with E-state index in [4.69, 9.17) is 5.73 Å². The number of sulfone groups is 1. The number of nitrogens with one attached hydrogen (secondary N) is 1.